The van der Waals surface area contributed by atoms with Gasteiger partial charge in [0.2, 0.25) is 0 Å². The van der Waals surface area contributed by atoms with Crippen LogP contribution in [0.15, 0.2) is 60.7 Å². The van der Waals surface area contributed by atoms with Gasteiger partial charge in [0.05, 0.1) is 12.7 Å². The third kappa shape index (κ3) is 4.73. The minimum atomic E-state index is -0.332. The lowest BCUT2D eigenvalue weighted by atomic mass is 10.0. The third-order valence-corrected chi connectivity index (χ3v) is 4.41. The highest BCUT2D eigenvalue weighted by Gasteiger charge is 2.12. The van der Waals surface area contributed by atoms with Crippen LogP contribution in [0.5, 0.6) is 5.75 Å². The van der Waals surface area contributed by atoms with Gasteiger partial charge in [0.15, 0.2) is 0 Å². The van der Waals surface area contributed by atoms with Crippen LogP contribution in [0.3, 0.4) is 0 Å². The van der Waals surface area contributed by atoms with E-state index in [4.69, 9.17) is 9.47 Å². The molecule has 0 radical (unpaired) electrons. The summed E-state index contributed by atoms with van der Waals surface area (Å²) in [6.45, 7) is 4.48. The molecule has 3 aromatic rings. The second-order valence-corrected chi connectivity index (χ2v) is 6.47. The van der Waals surface area contributed by atoms with Gasteiger partial charge in [0, 0.05) is 29.4 Å². The van der Waals surface area contributed by atoms with E-state index in [1.54, 1.807) is 12.1 Å². The number of pyridine rings is 1. The summed E-state index contributed by atoms with van der Waals surface area (Å²) in [6.07, 6.45) is 0.685. The van der Waals surface area contributed by atoms with Crippen LogP contribution in [0.25, 0.3) is 0 Å². The summed E-state index contributed by atoms with van der Waals surface area (Å²) in [5.74, 6) is 0.516. The van der Waals surface area contributed by atoms with Crippen molar-refractivity contribution in [2.24, 2.45) is 0 Å². The van der Waals surface area contributed by atoms with Gasteiger partial charge < -0.3 is 9.47 Å². The van der Waals surface area contributed by atoms with E-state index < -0.39 is 0 Å². The van der Waals surface area contributed by atoms with E-state index in [0.29, 0.717) is 18.6 Å². The number of aryl methyl sites for hydroxylation is 2. The summed E-state index contributed by atoms with van der Waals surface area (Å²) in [7, 11) is 1.38. The normalized spacial score (nSPS) is 10.5. The molecule has 0 fully saturated rings. The Labute approximate surface area is 159 Å². The maximum Gasteiger partial charge on any atom is 0.337 e. The molecule has 27 heavy (non-hydrogen) atoms. The molecule has 0 aliphatic rings. The summed E-state index contributed by atoms with van der Waals surface area (Å²) in [5.41, 5.74) is 5.69. The first-order chi connectivity index (χ1) is 13.1. The molecule has 0 spiro atoms. The maximum absolute atomic E-state index is 11.6. The van der Waals surface area contributed by atoms with Crippen LogP contribution >= 0.6 is 0 Å². The Morgan fingerprint density at radius 2 is 1.67 bits per heavy atom. The zero-order valence-electron chi connectivity index (χ0n) is 15.9. The lowest BCUT2D eigenvalue weighted by Crippen LogP contribution is -2.05. The number of methoxy groups -OCH3 is 1. The summed E-state index contributed by atoms with van der Waals surface area (Å²) in [6, 6.07) is 19.5. The largest absolute Gasteiger partial charge is 0.488 e. The Hall–Kier alpha value is -3.14. The van der Waals surface area contributed by atoms with Crippen molar-refractivity contribution in [1.82, 2.24) is 4.98 Å². The number of esters is 1. The van der Waals surface area contributed by atoms with Gasteiger partial charge in [-0.25, -0.2) is 4.79 Å². The Kier molecular flexibility index (Phi) is 5.87. The standard InChI is InChI=1S/C23H23NO3/c1-16-13-22(27-15-19-7-5-4-6-8-19)21(17(2)24-16)14-18-9-11-20(12-10-18)23(25)26-3/h4-13H,14-15H2,1-3H3. The molecule has 1 heterocycles. The molecule has 0 aliphatic heterocycles. The number of rotatable bonds is 6. The van der Waals surface area contributed by atoms with Crippen molar-refractivity contribution in [2.45, 2.75) is 26.9 Å². The molecule has 0 bridgehead atoms. The number of hydrogen-bond donors (Lipinski definition) is 0. The molecular weight excluding hydrogens is 338 g/mol. The van der Waals surface area contributed by atoms with Crippen LogP contribution in [-0.4, -0.2) is 18.1 Å². The molecule has 0 atom stereocenters. The predicted octanol–water partition coefficient (Wildman–Crippen LogP) is 4.65. The summed E-state index contributed by atoms with van der Waals surface area (Å²) < 4.78 is 10.9. The second-order valence-electron chi connectivity index (χ2n) is 6.47. The molecule has 0 saturated heterocycles. The first-order valence-electron chi connectivity index (χ1n) is 8.88. The quantitative estimate of drug-likeness (QED) is 0.600. The SMILES string of the molecule is COC(=O)c1ccc(Cc2c(OCc3ccccc3)cc(C)nc2C)cc1. The van der Waals surface area contributed by atoms with Crippen molar-refractivity contribution >= 4 is 5.97 Å². The molecule has 0 N–H and O–H groups in total. The van der Waals surface area contributed by atoms with Crippen LogP contribution in [0, 0.1) is 13.8 Å². The predicted molar refractivity (Wildman–Crippen MR) is 105 cm³/mol. The monoisotopic (exact) mass is 361 g/mol. The van der Waals surface area contributed by atoms with Crippen LogP contribution in [0.2, 0.25) is 0 Å². The van der Waals surface area contributed by atoms with Crippen molar-refractivity contribution in [3.63, 3.8) is 0 Å². The highest BCUT2D eigenvalue weighted by Crippen LogP contribution is 2.26. The molecule has 3 rings (SSSR count). The molecule has 2 aromatic carbocycles. The number of carbonyl (C=O) groups excluding carboxylic acids is 1. The fourth-order valence-corrected chi connectivity index (χ4v) is 2.98. The number of ether oxygens (including phenoxy) is 2. The number of nitrogens with zero attached hydrogens (tertiary/aromatic N) is 1. The minimum absolute atomic E-state index is 0.332. The Balaban J connectivity index is 1.82. The van der Waals surface area contributed by atoms with Gasteiger partial charge in [-0.1, -0.05) is 42.5 Å². The molecule has 0 amide bonds. The zero-order valence-corrected chi connectivity index (χ0v) is 15.9. The van der Waals surface area contributed by atoms with E-state index in [9.17, 15) is 4.79 Å². The number of hydrogen-bond acceptors (Lipinski definition) is 4. The highest BCUT2D eigenvalue weighted by atomic mass is 16.5. The van der Waals surface area contributed by atoms with Crippen molar-refractivity contribution in [3.05, 3.63) is 94.3 Å². The van der Waals surface area contributed by atoms with Crippen molar-refractivity contribution in [2.75, 3.05) is 7.11 Å². The maximum atomic E-state index is 11.6. The van der Waals surface area contributed by atoms with Gasteiger partial charge in [-0.15, -0.1) is 0 Å². The Bertz CT molecular complexity index is 918. The number of aromatic nitrogens is 1. The lowest BCUT2D eigenvalue weighted by molar-refractivity contribution is 0.0600. The van der Waals surface area contributed by atoms with Gasteiger partial charge in [0.25, 0.3) is 0 Å². The van der Waals surface area contributed by atoms with Crippen LogP contribution < -0.4 is 4.74 Å². The van der Waals surface area contributed by atoms with Crippen molar-refractivity contribution in [1.29, 1.82) is 0 Å². The number of benzene rings is 2. The van der Waals surface area contributed by atoms with Crippen LogP contribution in [0.1, 0.15) is 38.4 Å². The molecule has 0 unspecified atom stereocenters. The van der Waals surface area contributed by atoms with Gasteiger partial charge in [-0.2, -0.15) is 0 Å². The average Bonchev–Trinajstić information content (AvgIpc) is 2.69. The summed E-state index contributed by atoms with van der Waals surface area (Å²) in [5, 5.41) is 0. The second kappa shape index (κ2) is 8.49. The third-order valence-electron chi connectivity index (χ3n) is 4.41. The van der Waals surface area contributed by atoms with Crippen molar-refractivity contribution < 1.29 is 14.3 Å². The van der Waals surface area contributed by atoms with Gasteiger partial charge in [0.1, 0.15) is 12.4 Å². The number of carbonyl (C=O) groups is 1. The first kappa shape index (κ1) is 18.6. The van der Waals surface area contributed by atoms with E-state index in [-0.39, 0.29) is 5.97 Å². The van der Waals surface area contributed by atoms with Crippen molar-refractivity contribution in [3.8, 4) is 5.75 Å². The minimum Gasteiger partial charge on any atom is -0.488 e. The van der Waals surface area contributed by atoms with E-state index in [0.717, 1.165) is 33.8 Å². The van der Waals surface area contributed by atoms with E-state index in [2.05, 4.69) is 4.98 Å². The summed E-state index contributed by atoms with van der Waals surface area (Å²) in [4.78, 5) is 16.2. The summed E-state index contributed by atoms with van der Waals surface area (Å²) >= 11 is 0. The smallest absolute Gasteiger partial charge is 0.337 e. The fraction of sp³-hybridized carbons (Fsp3) is 0.217. The van der Waals surface area contributed by atoms with E-state index in [1.165, 1.54) is 7.11 Å². The Morgan fingerprint density at radius 3 is 2.33 bits per heavy atom. The topological polar surface area (TPSA) is 48.4 Å². The molecule has 4 nitrogen and oxygen atoms in total. The highest BCUT2D eigenvalue weighted by molar-refractivity contribution is 5.89. The molecule has 138 valence electrons. The van der Waals surface area contributed by atoms with E-state index >= 15 is 0 Å². The van der Waals surface area contributed by atoms with Crippen LogP contribution in [0.4, 0.5) is 0 Å². The fourth-order valence-electron chi connectivity index (χ4n) is 2.98. The van der Waals surface area contributed by atoms with E-state index in [1.807, 2.05) is 62.4 Å². The van der Waals surface area contributed by atoms with Gasteiger partial charge >= 0.3 is 5.97 Å². The zero-order chi connectivity index (χ0) is 19.2. The Morgan fingerprint density at radius 1 is 0.963 bits per heavy atom. The molecule has 0 aliphatic carbocycles. The molecule has 4 heteroatoms. The molecule has 0 saturated carbocycles. The van der Waals surface area contributed by atoms with Gasteiger partial charge in [-0.3, -0.25) is 4.98 Å². The van der Waals surface area contributed by atoms with Gasteiger partial charge in [-0.05, 0) is 37.1 Å². The first-order valence-corrected chi connectivity index (χ1v) is 8.88. The average molecular weight is 361 g/mol. The molecular formula is C23H23NO3. The van der Waals surface area contributed by atoms with Crippen LogP contribution in [-0.2, 0) is 17.8 Å². The lowest BCUT2D eigenvalue weighted by Gasteiger charge is -2.15. The molecule has 1 aromatic heterocycles.